The van der Waals surface area contributed by atoms with Gasteiger partial charge in [0, 0.05) is 45.6 Å². The molecular weight excluding hydrogens is 806 g/mol. The van der Waals surface area contributed by atoms with Gasteiger partial charge in [-0.3, -0.25) is 9.36 Å². The molecule has 3 aliphatic rings. The van der Waals surface area contributed by atoms with Crippen LogP contribution in [-0.2, 0) is 26.0 Å². The third-order valence-corrected chi connectivity index (χ3v) is 11.0. The van der Waals surface area contributed by atoms with E-state index in [0.29, 0.717) is 61.6 Å². The van der Waals surface area contributed by atoms with Crippen LogP contribution in [0, 0.1) is 0 Å². The van der Waals surface area contributed by atoms with Gasteiger partial charge >= 0.3 is 13.9 Å². The Hall–Kier alpha value is -4.97. The Kier molecular flexibility index (Phi) is 10.7. The van der Waals surface area contributed by atoms with Crippen molar-refractivity contribution in [2.24, 2.45) is 0 Å². The van der Waals surface area contributed by atoms with Crippen LogP contribution >= 0.6 is 31.5 Å². The number of nitrogens with zero attached hydrogens (tertiary/aromatic N) is 5. The zero-order valence-electron chi connectivity index (χ0n) is 29.7. The van der Waals surface area contributed by atoms with Crippen LogP contribution in [0.2, 0.25) is 10.0 Å². The minimum atomic E-state index is -3.23. The van der Waals surface area contributed by atoms with Crippen LogP contribution in [-0.4, -0.2) is 79.1 Å². The summed E-state index contributed by atoms with van der Waals surface area (Å²) in [7, 11) is -3.23. The maximum absolute atomic E-state index is 12.6. The molecule has 17 nitrogen and oxygen atoms in total. The number of hydrogen-bond acceptors (Lipinski definition) is 15. The minimum Gasteiger partial charge on any atom is -0.490 e. The molecule has 1 aliphatic carbocycles. The Labute approximate surface area is 334 Å². The highest BCUT2D eigenvalue weighted by molar-refractivity contribution is 7.32. The van der Waals surface area contributed by atoms with Crippen molar-refractivity contribution < 1.29 is 47.7 Å². The standard InChI is InChI=1S/C37H33Cl2N6O11P/c38-24-2-1-3-25(39)30(24)31-22(33(55-43-31)20-4-5-20)15-52-21-6-7-23(37(49)17-44(18-37)29-12-19(14-46)8-10-41-29)26(13-21)53-16-27-34(56-57(50)51)32(47)35(54-27)45-11-9-28(40)42-36(45)48/h1-3,6-14,20,27,32,34-35,47,49H,4-5,15-18H2,(H2-,40,42,48,50,51)/p+1/t27-,32-,34-,35-/m1/s1. The van der Waals surface area contributed by atoms with E-state index in [1.165, 1.54) is 18.5 Å². The lowest BCUT2D eigenvalue weighted by Crippen LogP contribution is -2.60. The van der Waals surface area contributed by atoms with E-state index in [1.54, 1.807) is 53.4 Å². The maximum Gasteiger partial charge on any atom is 0.695 e. The summed E-state index contributed by atoms with van der Waals surface area (Å²) in [6.45, 7) is -0.219. The number of aromatic nitrogens is 4. The van der Waals surface area contributed by atoms with Crippen molar-refractivity contribution in [2.45, 2.75) is 55.5 Å². The van der Waals surface area contributed by atoms with Gasteiger partial charge in [-0.05, 0) is 55.3 Å². The minimum absolute atomic E-state index is 0.00520. The summed E-state index contributed by atoms with van der Waals surface area (Å²) in [5, 5.41) is 28.2. The topological polar surface area (TPSA) is 235 Å². The van der Waals surface area contributed by atoms with Crippen LogP contribution in [0.25, 0.3) is 11.3 Å². The largest absolute Gasteiger partial charge is 0.695 e. The molecule has 5 heterocycles. The number of carbonyl (C=O) groups excluding carboxylic acids is 1. The van der Waals surface area contributed by atoms with E-state index >= 15 is 0 Å². The zero-order valence-corrected chi connectivity index (χ0v) is 32.1. The summed E-state index contributed by atoms with van der Waals surface area (Å²) in [6.07, 6.45) is -0.298. The van der Waals surface area contributed by atoms with Crippen LogP contribution in [0.3, 0.4) is 0 Å². The predicted octanol–water partition coefficient (Wildman–Crippen LogP) is 4.53. The lowest BCUT2D eigenvalue weighted by atomic mass is 9.85. The van der Waals surface area contributed by atoms with E-state index < -0.39 is 44.1 Å². The third kappa shape index (κ3) is 7.85. The first-order chi connectivity index (χ1) is 27.4. The Bertz CT molecular complexity index is 2390. The van der Waals surface area contributed by atoms with Crippen LogP contribution < -0.4 is 25.8 Å². The average Bonchev–Trinajstić information content (AvgIpc) is 3.87. The van der Waals surface area contributed by atoms with Crippen molar-refractivity contribution >= 4 is 49.4 Å². The fourth-order valence-electron chi connectivity index (χ4n) is 7.01. The number of aliphatic hydroxyl groups is 2. The summed E-state index contributed by atoms with van der Waals surface area (Å²) >= 11 is 13.1. The van der Waals surface area contributed by atoms with Gasteiger partial charge in [0.05, 0.1) is 28.7 Å². The number of hydrogen-bond donors (Lipinski definition) is 4. The average molecular weight is 841 g/mol. The van der Waals surface area contributed by atoms with Crippen molar-refractivity contribution in [1.82, 2.24) is 19.7 Å². The van der Waals surface area contributed by atoms with Crippen molar-refractivity contribution in [3.63, 3.8) is 0 Å². The molecule has 5 atom stereocenters. The molecule has 2 aliphatic heterocycles. The molecule has 1 saturated carbocycles. The van der Waals surface area contributed by atoms with Gasteiger partial charge in [0.1, 0.15) is 71.9 Å². The number of β-amino-alcohol motifs (C(OH)–C–C–N with tert-alkyl or cyclic N) is 1. The first-order valence-corrected chi connectivity index (χ1v) is 19.5. The molecule has 3 fully saturated rings. The number of nitrogen functional groups attached to an aromatic ring is 1. The summed E-state index contributed by atoms with van der Waals surface area (Å²) in [6, 6.07) is 14.5. The van der Waals surface area contributed by atoms with Gasteiger partial charge in [-0.25, -0.2) is 9.78 Å². The van der Waals surface area contributed by atoms with E-state index in [1.807, 2.05) is 0 Å². The Morgan fingerprint density at radius 3 is 2.56 bits per heavy atom. The van der Waals surface area contributed by atoms with Gasteiger partial charge in [0.15, 0.2) is 12.3 Å². The molecule has 0 amide bonds. The lowest BCUT2D eigenvalue weighted by Gasteiger charge is -2.47. The second-order valence-electron chi connectivity index (χ2n) is 13.9. The number of carbonyl (C=O) groups is 1. The number of halogens is 2. The highest BCUT2D eigenvalue weighted by Gasteiger charge is 2.51. The number of benzene rings is 2. The third-order valence-electron chi connectivity index (χ3n) is 9.99. The van der Waals surface area contributed by atoms with Gasteiger partial charge < -0.3 is 39.6 Å². The maximum atomic E-state index is 12.6. The van der Waals surface area contributed by atoms with E-state index in [9.17, 15) is 29.3 Å². The van der Waals surface area contributed by atoms with Crippen LogP contribution in [0.15, 0.2) is 76.3 Å². The lowest BCUT2D eigenvalue weighted by molar-refractivity contribution is -0.0521. The quantitative estimate of drug-likeness (QED) is 0.0888. The number of aldehydes is 1. The fourth-order valence-corrected chi connectivity index (χ4v) is 8.05. The molecule has 1 unspecified atom stereocenters. The summed E-state index contributed by atoms with van der Waals surface area (Å²) in [5.41, 5.74) is 5.73. The number of rotatable bonds is 14. The molecule has 2 saturated heterocycles. The molecule has 5 N–H and O–H groups in total. The summed E-state index contributed by atoms with van der Waals surface area (Å²) in [4.78, 5) is 43.5. The van der Waals surface area contributed by atoms with Crippen molar-refractivity contribution in [2.75, 3.05) is 30.3 Å². The molecule has 20 heteroatoms. The molecule has 8 rings (SSSR count). The molecule has 2 aromatic carbocycles. The molecule has 0 radical (unpaired) electrons. The van der Waals surface area contributed by atoms with Crippen LogP contribution in [0.4, 0.5) is 11.6 Å². The summed E-state index contributed by atoms with van der Waals surface area (Å²) < 4.78 is 42.4. The Morgan fingerprint density at radius 1 is 1.09 bits per heavy atom. The van der Waals surface area contributed by atoms with E-state index in [-0.39, 0.29) is 43.8 Å². The molecule has 5 aromatic rings. The first kappa shape index (κ1) is 38.9. The normalized spacial score (nSPS) is 21.6. The fraction of sp³-hybridized carbons (Fsp3) is 0.324. The SMILES string of the molecule is Nc1ccn([C@@H]2O[C@H](COc3cc(OCc4c(-c5c(Cl)cccc5Cl)noc4C4CC4)ccc3C3(O)CN(c4cc(C=O)ccn4)C3)[C@@H](O[P+](=O)O)[C@H]2O)c(=O)n1. The highest BCUT2D eigenvalue weighted by Crippen LogP contribution is 2.47. The molecule has 3 aromatic heterocycles. The van der Waals surface area contributed by atoms with Gasteiger partial charge in [0.2, 0.25) is 0 Å². The number of pyridine rings is 1. The van der Waals surface area contributed by atoms with Crippen molar-refractivity contribution in [1.29, 1.82) is 0 Å². The molecule has 0 spiro atoms. The number of ether oxygens (including phenoxy) is 3. The summed E-state index contributed by atoms with van der Waals surface area (Å²) in [5.74, 6) is 1.74. The van der Waals surface area contributed by atoms with E-state index in [4.69, 9.17) is 52.2 Å². The van der Waals surface area contributed by atoms with Gasteiger partial charge in [-0.2, -0.15) is 4.98 Å². The predicted molar refractivity (Wildman–Crippen MR) is 203 cm³/mol. The molecular formula is C37H34Cl2N6O11P+. The number of nitrogens with two attached hydrogens (primary N) is 1. The molecule has 296 valence electrons. The first-order valence-electron chi connectivity index (χ1n) is 17.6. The van der Waals surface area contributed by atoms with E-state index in [0.717, 1.165) is 17.4 Å². The van der Waals surface area contributed by atoms with Gasteiger partial charge in [-0.1, -0.05) is 34.4 Å². The second kappa shape index (κ2) is 15.8. The molecule has 57 heavy (non-hydrogen) atoms. The Morgan fingerprint density at radius 2 is 1.86 bits per heavy atom. The van der Waals surface area contributed by atoms with Crippen molar-refractivity contribution in [3.8, 4) is 22.8 Å². The Balaban J connectivity index is 1.09. The number of aliphatic hydroxyl groups excluding tert-OH is 1. The van der Waals surface area contributed by atoms with Crippen LogP contribution in [0.5, 0.6) is 11.5 Å². The van der Waals surface area contributed by atoms with E-state index in [2.05, 4.69) is 15.1 Å². The molecule has 0 bridgehead atoms. The number of anilines is 2. The zero-order chi connectivity index (χ0) is 40.0. The van der Waals surface area contributed by atoms with Gasteiger partial charge in [0.25, 0.3) is 0 Å². The second-order valence-corrected chi connectivity index (χ2v) is 15.4. The van der Waals surface area contributed by atoms with Crippen molar-refractivity contribution in [3.05, 3.63) is 110 Å². The van der Waals surface area contributed by atoms with Gasteiger partial charge in [-0.15, -0.1) is 9.42 Å². The monoisotopic (exact) mass is 839 g/mol. The smallest absolute Gasteiger partial charge is 0.490 e. The highest BCUT2D eigenvalue weighted by atomic mass is 35.5. The van der Waals surface area contributed by atoms with Crippen LogP contribution in [0.1, 0.15) is 52.2 Å².